The second kappa shape index (κ2) is 8.06. The van der Waals surface area contributed by atoms with Crippen LogP contribution in [0.2, 0.25) is 0 Å². The summed E-state index contributed by atoms with van der Waals surface area (Å²) < 4.78 is 10.7. The first-order chi connectivity index (χ1) is 12.7. The van der Waals surface area contributed by atoms with E-state index in [2.05, 4.69) is 9.97 Å². The van der Waals surface area contributed by atoms with Gasteiger partial charge in [-0.3, -0.25) is 9.59 Å². The lowest BCUT2D eigenvalue weighted by molar-refractivity contribution is -0.147. The van der Waals surface area contributed by atoms with Gasteiger partial charge in [0.25, 0.3) is 0 Å². The van der Waals surface area contributed by atoms with Crippen molar-refractivity contribution < 1.29 is 19.1 Å². The molecule has 3 rings (SSSR count). The number of carbonyl (C=O) groups is 2. The van der Waals surface area contributed by atoms with E-state index in [4.69, 9.17) is 9.47 Å². The van der Waals surface area contributed by atoms with Crippen LogP contribution < -0.4 is 4.74 Å². The van der Waals surface area contributed by atoms with Gasteiger partial charge in [0.05, 0.1) is 30.2 Å². The molecule has 1 aliphatic carbocycles. The molecule has 1 fully saturated rings. The number of hydrogen-bond donors (Lipinski definition) is 0. The third-order valence-corrected chi connectivity index (χ3v) is 5.27. The number of hydrogen-bond acceptors (Lipinski definition) is 8. The fraction of sp³-hybridized carbons (Fsp3) is 0.389. The van der Waals surface area contributed by atoms with E-state index < -0.39 is 0 Å². The third-order valence-electron chi connectivity index (χ3n) is 4.34. The molecule has 0 N–H and O–H groups in total. The molecular formula is C18H17N3O4S. The fourth-order valence-electron chi connectivity index (χ4n) is 3.05. The summed E-state index contributed by atoms with van der Waals surface area (Å²) in [5.74, 6) is 0.188. The van der Waals surface area contributed by atoms with Crippen LogP contribution in [-0.2, 0) is 9.53 Å². The molecule has 0 aromatic carbocycles. The molecule has 26 heavy (non-hydrogen) atoms. The normalized spacial score (nSPS) is 19.4. The standard InChI is InChI=1S/C18H17N3O4S/c1-24-18(23)11-3-2-4-13(7-11)25-15-9-20-17(21-14(15)8-19)16-12(10-22)5-6-26-16/h5-6,9-11,13H,2-4,7H2,1H3/t11-,13-/m0/s1. The molecule has 8 heteroatoms. The first-order valence-corrected chi connectivity index (χ1v) is 9.09. The van der Waals surface area contributed by atoms with E-state index in [1.165, 1.54) is 24.6 Å². The minimum absolute atomic E-state index is 0.112. The molecule has 0 spiro atoms. The number of aldehydes is 1. The van der Waals surface area contributed by atoms with Gasteiger partial charge in [-0.05, 0) is 37.1 Å². The second-order valence-electron chi connectivity index (χ2n) is 5.97. The lowest BCUT2D eigenvalue weighted by Gasteiger charge is -2.28. The van der Waals surface area contributed by atoms with Gasteiger partial charge in [-0.25, -0.2) is 9.97 Å². The van der Waals surface area contributed by atoms with E-state index in [0.717, 1.165) is 25.5 Å². The summed E-state index contributed by atoms with van der Waals surface area (Å²) in [4.78, 5) is 31.9. The maximum atomic E-state index is 11.7. The Morgan fingerprint density at radius 2 is 2.31 bits per heavy atom. The molecule has 2 atom stereocenters. The summed E-state index contributed by atoms with van der Waals surface area (Å²) >= 11 is 1.34. The van der Waals surface area contributed by atoms with Crippen LogP contribution in [0.25, 0.3) is 10.7 Å². The number of nitrogens with zero attached hydrogens (tertiary/aromatic N) is 3. The van der Waals surface area contributed by atoms with Crippen LogP contribution in [0.1, 0.15) is 41.7 Å². The van der Waals surface area contributed by atoms with Crippen molar-refractivity contribution in [3.8, 4) is 22.5 Å². The molecule has 1 saturated carbocycles. The van der Waals surface area contributed by atoms with E-state index >= 15 is 0 Å². The molecule has 2 aromatic rings. The molecule has 0 saturated heterocycles. The minimum Gasteiger partial charge on any atom is -0.486 e. The molecule has 0 amide bonds. The molecule has 0 radical (unpaired) electrons. The van der Waals surface area contributed by atoms with Crippen LogP contribution >= 0.6 is 11.3 Å². The highest BCUT2D eigenvalue weighted by atomic mass is 32.1. The van der Waals surface area contributed by atoms with Gasteiger partial charge in [-0.2, -0.15) is 5.26 Å². The average molecular weight is 371 g/mol. The number of nitriles is 1. The van der Waals surface area contributed by atoms with Crippen LogP contribution in [0.4, 0.5) is 0 Å². The maximum Gasteiger partial charge on any atom is 0.308 e. The topological polar surface area (TPSA) is 102 Å². The molecule has 1 aliphatic rings. The molecule has 7 nitrogen and oxygen atoms in total. The predicted molar refractivity (Wildman–Crippen MR) is 93.8 cm³/mol. The number of thiophene rings is 1. The van der Waals surface area contributed by atoms with Crippen LogP contribution in [0.5, 0.6) is 5.75 Å². The van der Waals surface area contributed by atoms with Crippen molar-refractivity contribution >= 4 is 23.6 Å². The molecule has 134 valence electrons. The number of ether oxygens (including phenoxy) is 2. The number of esters is 1. The highest BCUT2D eigenvalue weighted by Crippen LogP contribution is 2.31. The van der Waals surface area contributed by atoms with Gasteiger partial charge in [0.15, 0.2) is 23.6 Å². The fourth-order valence-corrected chi connectivity index (χ4v) is 3.86. The zero-order valence-electron chi connectivity index (χ0n) is 14.2. The van der Waals surface area contributed by atoms with Crippen molar-refractivity contribution in [3.05, 3.63) is 28.9 Å². The van der Waals surface area contributed by atoms with Crippen LogP contribution in [0.3, 0.4) is 0 Å². The Labute approximate surface area is 154 Å². The maximum absolute atomic E-state index is 11.7. The van der Waals surface area contributed by atoms with Crippen LogP contribution in [-0.4, -0.2) is 35.4 Å². The average Bonchev–Trinajstić information content (AvgIpc) is 3.16. The summed E-state index contributed by atoms with van der Waals surface area (Å²) in [7, 11) is 1.38. The SMILES string of the molecule is COC(=O)[C@H]1CCC[C@H](Oc2cnc(-c3sccc3C=O)nc2C#N)C1. The van der Waals surface area contributed by atoms with E-state index in [1.807, 2.05) is 6.07 Å². The Hall–Kier alpha value is -2.79. The Bertz CT molecular complexity index is 858. The number of rotatable bonds is 5. The summed E-state index contributed by atoms with van der Waals surface area (Å²) in [6, 6.07) is 3.70. The van der Waals surface area contributed by atoms with Gasteiger partial charge in [-0.1, -0.05) is 0 Å². The summed E-state index contributed by atoms with van der Waals surface area (Å²) in [6.45, 7) is 0. The van der Waals surface area contributed by atoms with Crippen molar-refractivity contribution in [2.45, 2.75) is 31.8 Å². The zero-order chi connectivity index (χ0) is 18.5. The van der Waals surface area contributed by atoms with Crippen LogP contribution in [0.15, 0.2) is 17.6 Å². The summed E-state index contributed by atoms with van der Waals surface area (Å²) in [6.07, 6.45) is 4.96. The van der Waals surface area contributed by atoms with Crippen molar-refractivity contribution in [1.29, 1.82) is 5.26 Å². The highest BCUT2D eigenvalue weighted by Gasteiger charge is 2.29. The molecule has 0 bridgehead atoms. The predicted octanol–water partition coefficient (Wildman–Crippen LogP) is 3.00. The second-order valence-corrected chi connectivity index (χ2v) is 6.88. The van der Waals surface area contributed by atoms with Crippen molar-refractivity contribution in [2.24, 2.45) is 5.92 Å². The Morgan fingerprint density at radius 1 is 1.46 bits per heavy atom. The lowest BCUT2D eigenvalue weighted by Crippen LogP contribution is -2.30. The Kier molecular flexibility index (Phi) is 5.58. The smallest absolute Gasteiger partial charge is 0.308 e. The van der Waals surface area contributed by atoms with Crippen molar-refractivity contribution in [1.82, 2.24) is 9.97 Å². The van der Waals surface area contributed by atoms with Crippen molar-refractivity contribution in [2.75, 3.05) is 7.11 Å². The first-order valence-electron chi connectivity index (χ1n) is 8.21. The first kappa shape index (κ1) is 18.0. The third kappa shape index (κ3) is 3.73. The molecule has 2 heterocycles. The largest absolute Gasteiger partial charge is 0.486 e. The highest BCUT2D eigenvalue weighted by molar-refractivity contribution is 7.13. The summed E-state index contributed by atoms with van der Waals surface area (Å²) in [5.41, 5.74) is 0.598. The monoisotopic (exact) mass is 371 g/mol. The zero-order valence-corrected chi connectivity index (χ0v) is 15.0. The quantitative estimate of drug-likeness (QED) is 0.588. The number of aromatic nitrogens is 2. The minimum atomic E-state index is -0.232. The van der Waals surface area contributed by atoms with E-state index in [9.17, 15) is 14.9 Å². The van der Waals surface area contributed by atoms with Gasteiger partial charge in [0, 0.05) is 5.56 Å². The molecular weight excluding hydrogens is 354 g/mol. The molecule has 0 unspecified atom stereocenters. The summed E-state index contributed by atoms with van der Waals surface area (Å²) in [5, 5.41) is 11.2. The van der Waals surface area contributed by atoms with Crippen LogP contribution in [0, 0.1) is 17.2 Å². The lowest BCUT2D eigenvalue weighted by atomic mass is 9.87. The van der Waals surface area contributed by atoms with Gasteiger partial charge >= 0.3 is 5.97 Å². The van der Waals surface area contributed by atoms with Crippen molar-refractivity contribution in [3.63, 3.8) is 0 Å². The van der Waals surface area contributed by atoms with Gasteiger partial charge in [0.1, 0.15) is 6.07 Å². The van der Waals surface area contributed by atoms with E-state index in [-0.39, 0.29) is 29.4 Å². The molecule has 2 aromatic heterocycles. The van der Waals surface area contributed by atoms with E-state index in [1.54, 1.807) is 11.4 Å². The Morgan fingerprint density at radius 3 is 3.04 bits per heavy atom. The van der Waals surface area contributed by atoms with Gasteiger partial charge in [-0.15, -0.1) is 11.3 Å². The number of methoxy groups -OCH3 is 1. The molecule has 0 aliphatic heterocycles. The van der Waals surface area contributed by atoms with Gasteiger partial charge in [0.2, 0.25) is 0 Å². The van der Waals surface area contributed by atoms with E-state index in [0.29, 0.717) is 22.7 Å². The van der Waals surface area contributed by atoms with Gasteiger partial charge < -0.3 is 9.47 Å². The number of carbonyl (C=O) groups excluding carboxylic acids is 2. The Balaban J connectivity index is 1.79.